The van der Waals surface area contributed by atoms with Gasteiger partial charge >= 0.3 is 0 Å². The van der Waals surface area contributed by atoms with Gasteiger partial charge in [-0.1, -0.05) is 41.4 Å². The van der Waals surface area contributed by atoms with Gasteiger partial charge in [-0.25, -0.2) is 0 Å². The fraction of sp³-hybridized carbons (Fsp3) is 0.818. The van der Waals surface area contributed by atoms with Crippen LogP contribution in [0.3, 0.4) is 0 Å². The van der Waals surface area contributed by atoms with Crippen molar-refractivity contribution in [3.05, 3.63) is 11.6 Å². The maximum absolute atomic E-state index is 8.98. The predicted molar refractivity (Wildman–Crippen MR) is 60.1 cm³/mol. The summed E-state index contributed by atoms with van der Waals surface area (Å²) in [6.07, 6.45) is 5.91. The summed E-state index contributed by atoms with van der Waals surface area (Å²) >= 11 is 3.63. The average Bonchev–Trinajstić information content (AvgIpc) is 2.11. The smallest absolute Gasteiger partial charge is 0.0459 e. The molecule has 1 aliphatic rings. The summed E-state index contributed by atoms with van der Waals surface area (Å²) in [4.78, 5) is 0.560. The summed E-state index contributed by atoms with van der Waals surface area (Å²) < 4.78 is 0. The Morgan fingerprint density at radius 2 is 2.31 bits per heavy atom. The lowest BCUT2D eigenvalue weighted by atomic mass is 9.84. The van der Waals surface area contributed by atoms with Crippen LogP contribution in [0, 0.1) is 11.8 Å². The largest absolute Gasteiger partial charge is 0.396 e. The van der Waals surface area contributed by atoms with Crippen LogP contribution in [0.1, 0.15) is 33.1 Å². The number of aliphatic hydroxyl groups is 1. The second kappa shape index (κ2) is 5.16. The first-order valence-corrected chi connectivity index (χ1v) is 6.00. The Kier molecular flexibility index (Phi) is 4.47. The minimum atomic E-state index is 0.303. The molecule has 0 aromatic heterocycles. The summed E-state index contributed by atoms with van der Waals surface area (Å²) in [5, 5.41) is 8.98. The first kappa shape index (κ1) is 11.3. The Morgan fingerprint density at radius 1 is 1.62 bits per heavy atom. The van der Waals surface area contributed by atoms with E-state index in [-0.39, 0.29) is 0 Å². The predicted octanol–water partition coefficient (Wildman–Crippen LogP) is 3.12. The van der Waals surface area contributed by atoms with Crippen molar-refractivity contribution in [2.24, 2.45) is 11.8 Å². The highest BCUT2D eigenvalue weighted by atomic mass is 79.9. The monoisotopic (exact) mass is 246 g/mol. The highest BCUT2D eigenvalue weighted by Crippen LogP contribution is 2.31. The molecule has 0 aromatic carbocycles. The lowest BCUT2D eigenvalue weighted by Gasteiger charge is -2.25. The molecule has 0 saturated heterocycles. The van der Waals surface area contributed by atoms with Gasteiger partial charge in [0.25, 0.3) is 0 Å². The summed E-state index contributed by atoms with van der Waals surface area (Å²) in [6.45, 7) is 4.69. The molecule has 1 aliphatic carbocycles. The van der Waals surface area contributed by atoms with Crippen molar-refractivity contribution in [2.75, 3.05) is 6.61 Å². The molecular formula is C11H19BrO. The highest BCUT2D eigenvalue weighted by molar-refractivity contribution is 9.09. The van der Waals surface area contributed by atoms with Gasteiger partial charge in [0, 0.05) is 11.4 Å². The van der Waals surface area contributed by atoms with Crippen LogP contribution in [-0.2, 0) is 0 Å². The molecule has 1 rings (SSSR count). The van der Waals surface area contributed by atoms with E-state index < -0.39 is 0 Å². The van der Waals surface area contributed by atoms with Crippen LogP contribution < -0.4 is 0 Å². The van der Waals surface area contributed by atoms with Crippen LogP contribution in [-0.4, -0.2) is 16.5 Å². The van der Waals surface area contributed by atoms with E-state index in [2.05, 4.69) is 35.9 Å². The van der Waals surface area contributed by atoms with Gasteiger partial charge in [-0.15, -0.1) is 0 Å². The zero-order chi connectivity index (χ0) is 9.84. The number of rotatable bonds is 3. The average molecular weight is 247 g/mol. The summed E-state index contributed by atoms with van der Waals surface area (Å²) in [7, 11) is 0. The molecule has 0 fully saturated rings. The Hall–Kier alpha value is 0.180. The molecule has 13 heavy (non-hydrogen) atoms. The third-order valence-corrected chi connectivity index (χ3v) is 3.52. The van der Waals surface area contributed by atoms with Gasteiger partial charge < -0.3 is 5.11 Å². The van der Waals surface area contributed by atoms with Crippen LogP contribution in [0.15, 0.2) is 11.6 Å². The van der Waals surface area contributed by atoms with Crippen LogP contribution in [0.5, 0.6) is 0 Å². The van der Waals surface area contributed by atoms with E-state index in [1.807, 2.05) is 0 Å². The number of allylic oxidation sites excluding steroid dienone is 2. The van der Waals surface area contributed by atoms with Crippen LogP contribution in [0.2, 0.25) is 0 Å². The summed E-state index contributed by atoms with van der Waals surface area (Å²) in [6, 6.07) is 0. The van der Waals surface area contributed by atoms with Crippen molar-refractivity contribution in [3.8, 4) is 0 Å². The van der Waals surface area contributed by atoms with Crippen molar-refractivity contribution in [1.82, 2.24) is 0 Å². The maximum atomic E-state index is 8.98. The number of aliphatic hydroxyl groups excluding tert-OH is 1. The van der Waals surface area contributed by atoms with Gasteiger partial charge in [-0.3, -0.25) is 0 Å². The number of halogens is 1. The van der Waals surface area contributed by atoms with Crippen molar-refractivity contribution in [1.29, 1.82) is 0 Å². The van der Waals surface area contributed by atoms with Crippen molar-refractivity contribution in [3.63, 3.8) is 0 Å². The minimum absolute atomic E-state index is 0.303. The third-order valence-electron chi connectivity index (χ3n) is 2.80. The van der Waals surface area contributed by atoms with E-state index in [4.69, 9.17) is 5.11 Å². The van der Waals surface area contributed by atoms with Gasteiger partial charge in [0.2, 0.25) is 0 Å². The molecule has 0 bridgehead atoms. The second-order valence-electron chi connectivity index (χ2n) is 4.23. The van der Waals surface area contributed by atoms with Crippen LogP contribution >= 0.6 is 15.9 Å². The Labute approximate surface area is 89.4 Å². The first-order valence-electron chi connectivity index (χ1n) is 5.09. The van der Waals surface area contributed by atoms with Gasteiger partial charge in [0.1, 0.15) is 0 Å². The van der Waals surface area contributed by atoms with Crippen molar-refractivity contribution in [2.45, 2.75) is 37.9 Å². The second-order valence-corrected chi connectivity index (χ2v) is 5.40. The molecule has 1 unspecified atom stereocenters. The molecule has 1 nitrogen and oxygen atoms in total. The zero-order valence-corrected chi connectivity index (χ0v) is 10.0. The molecule has 1 N–H and O–H groups in total. The van der Waals surface area contributed by atoms with Crippen molar-refractivity contribution < 1.29 is 5.11 Å². The molecular weight excluding hydrogens is 228 g/mol. The molecule has 76 valence electrons. The molecule has 2 heteroatoms. The molecule has 0 radical (unpaired) electrons. The summed E-state index contributed by atoms with van der Waals surface area (Å²) in [5.41, 5.74) is 1.52. The standard InChI is InChI=1S/C11H19BrO/c1-8(7-13)5-10-6-11(12)4-3-9(10)2/h6,8-9,11,13H,3-5,7H2,1-2H3/t8-,9?,11+/m0/s1. The van der Waals surface area contributed by atoms with Gasteiger partial charge in [0.05, 0.1) is 0 Å². The van der Waals surface area contributed by atoms with Crippen LogP contribution in [0.4, 0.5) is 0 Å². The summed E-state index contributed by atoms with van der Waals surface area (Å²) in [5.74, 6) is 1.12. The normalized spacial score (nSPS) is 31.2. The van der Waals surface area contributed by atoms with Crippen molar-refractivity contribution >= 4 is 15.9 Å². The fourth-order valence-corrected chi connectivity index (χ4v) is 2.41. The number of hydrogen-bond donors (Lipinski definition) is 1. The van der Waals surface area contributed by atoms with E-state index >= 15 is 0 Å². The maximum Gasteiger partial charge on any atom is 0.0459 e. The molecule has 3 atom stereocenters. The van der Waals surface area contributed by atoms with E-state index in [1.165, 1.54) is 18.4 Å². The zero-order valence-electron chi connectivity index (χ0n) is 8.46. The molecule has 0 heterocycles. The molecule has 0 spiro atoms. The third kappa shape index (κ3) is 3.43. The minimum Gasteiger partial charge on any atom is -0.396 e. The first-order chi connectivity index (χ1) is 6.13. The molecule has 0 aromatic rings. The van der Waals surface area contributed by atoms with E-state index in [9.17, 15) is 0 Å². The lowest BCUT2D eigenvalue weighted by molar-refractivity contribution is 0.233. The van der Waals surface area contributed by atoms with Gasteiger partial charge in [-0.2, -0.15) is 0 Å². The van der Waals surface area contributed by atoms with Crippen LogP contribution in [0.25, 0.3) is 0 Å². The van der Waals surface area contributed by atoms with E-state index in [0.717, 1.165) is 6.42 Å². The Morgan fingerprint density at radius 3 is 2.92 bits per heavy atom. The molecule has 0 amide bonds. The number of hydrogen-bond acceptors (Lipinski definition) is 1. The highest BCUT2D eigenvalue weighted by Gasteiger charge is 2.18. The quantitative estimate of drug-likeness (QED) is 0.600. The van der Waals surface area contributed by atoms with Gasteiger partial charge in [0.15, 0.2) is 0 Å². The lowest BCUT2D eigenvalue weighted by Crippen LogP contribution is -2.14. The molecule has 0 aliphatic heterocycles. The SMILES string of the molecule is CC1CC[C@@H](Br)C=C1C[C@H](C)CO. The van der Waals surface area contributed by atoms with Gasteiger partial charge in [-0.05, 0) is 31.1 Å². The number of alkyl halides is 1. The van der Waals surface area contributed by atoms with E-state index in [1.54, 1.807) is 0 Å². The Balaban J connectivity index is 2.54. The topological polar surface area (TPSA) is 20.2 Å². The molecule has 0 saturated carbocycles. The van der Waals surface area contributed by atoms with E-state index in [0.29, 0.717) is 23.3 Å². The Bertz CT molecular complexity index is 189. The fourth-order valence-electron chi connectivity index (χ4n) is 1.81.